The van der Waals surface area contributed by atoms with Crippen LogP contribution < -0.4 is 5.32 Å². The highest BCUT2D eigenvalue weighted by Gasteiger charge is 2.10. The molecule has 6 heteroatoms. The van der Waals surface area contributed by atoms with Crippen molar-refractivity contribution in [2.45, 2.75) is 12.5 Å². The van der Waals surface area contributed by atoms with Gasteiger partial charge in [-0.2, -0.15) is 0 Å². The average molecular weight is 320 g/mol. The molecule has 0 spiro atoms. The first kappa shape index (κ1) is 15.1. The van der Waals surface area contributed by atoms with E-state index >= 15 is 0 Å². The predicted octanol–water partition coefficient (Wildman–Crippen LogP) is 1.25. The molecule has 0 saturated heterocycles. The smallest absolute Gasteiger partial charge is 0.224 e. The summed E-state index contributed by atoms with van der Waals surface area (Å²) in [5.41, 5.74) is 0.308. The molecule has 100 valence electrons. The maximum absolute atomic E-state index is 13.4. The Balaban J connectivity index is 2.47. The molecular weight excluding hydrogens is 305 g/mol. The van der Waals surface area contributed by atoms with Crippen LogP contribution in [0.5, 0.6) is 0 Å². The number of rotatable bonds is 6. The van der Waals surface area contributed by atoms with Crippen molar-refractivity contribution in [3.63, 3.8) is 0 Å². The number of aliphatic hydroxyl groups excluding tert-OH is 1. The summed E-state index contributed by atoms with van der Waals surface area (Å²) in [4.78, 5) is 11.5. The number of ether oxygens (including phenoxy) is 1. The Kier molecular flexibility index (Phi) is 6.24. The number of benzene rings is 1. The van der Waals surface area contributed by atoms with Gasteiger partial charge in [0.15, 0.2) is 0 Å². The van der Waals surface area contributed by atoms with Crippen LogP contribution >= 0.6 is 15.9 Å². The van der Waals surface area contributed by atoms with Gasteiger partial charge in [0.25, 0.3) is 0 Å². The molecule has 0 bridgehead atoms. The molecule has 0 aromatic heterocycles. The summed E-state index contributed by atoms with van der Waals surface area (Å²) < 4.78 is 18.8. The van der Waals surface area contributed by atoms with E-state index < -0.39 is 11.9 Å². The van der Waals surface area contributed by atoms with E-state index in [1.165, 1.54) is 13.2 Å². The lowest BCUT2D eigenvalue weighted by Crippen LogP contribution is -2.35. The van der Waals surface area contributed by atoms with Crippen LogP contribution in [0.1, 0.15) is 5.56 Å². The molecule has 0 fully saturated rings. The van der Waals surface area contributed by atoms with Gasteiger partial charge in [0.1, 0.15) is 5.82 Å². The second-order valence-electron chi connectivity index (χ2n) is 3.83. The molecule has 1 aromatic rings. The zero-order valence-corrected chi connectivity index (χ0v) is 11.5. The molecule has 4 nitrogen and oxygen atoms in total. The normalized spacial score (nSPS) is 12.2. The van der Waals surface area contributed by atoms with Gasteiger partial charge in [0.05, 0.1) is 19.1 Å². The summed E-state index contributed by atoms with van der Waals surface area (Å²) >= 11 is 3.21. The number of amides is 1. The van der Waals surface area contributed by atoms with Crippen LogP contribution in [0.4, 0.5) is 4.39 Å². The van der Waals surface area contributed by atoms with Crippen molar-refractivity contribution in [1.29, 1.82) is 0 Å². The van der Waals surface area contributed by atoms with Crippen molar-refractivity contribution in [3.8, 4) is 0 Å². The van der Waals surface area contributed by atoms with Gasteiger partial charge in [0, 0.05) is 18.1 Å². The summed E-state index contributed by atoms with van der Waals surface area (Å²) in [7, 11) is 1.46. The highest BCUT2D eigenvalue weighted by molar-refractivity contribution is 9.10. The molecule has 1 amide bonds. The first-order chi connectivity index (χ1) is 8.52. The number of hydrogen-bond donors (Lipinski definition) is 2. The van der Waals surface area contributed by atoms with E-state index in [0.717, 1.165) is 0 Å². The fraction of sp³-hybridized carbons (Fsp3) is 0.417. The highest BCUT2D eigenvalue weighted by Crippen LogP contribution is 2.15. The molecular formula is C12H15BrFNO3. The molecule has 18 heavy (non-hydrogen) atoms. The van der Waals surface area contributed by atoms with E-state index in [1.807, 2.05) is 0 Å². The predicted molar refractivity (Wildman–Crippen MR) is 68.7 cm³/mol. The number of carbonyl (C=O) groups excluding carboxylic acids is 1. The molecule has 0 radical (unpaired) electrons. The van der Waals surface area contributed by atoms with E-state index in [9.17, 15) is 14.3 Å². The molecule has 2 N–H and O–H groups in total. The fourth-order valence-corrected chi connectivity index (χ4v) is 1.81. The number of carbonyl (C=O) groups is 1. The average Bonchev–Trinajstić information content (AvgIpc) is 2.32. The van der Waals surface area contributed by atoms with E-state index in [4.69, 9.17) is 4.74 Å². The monoisotopic (exact) mass is 319 g/mol. The molecule has 0 aliphatic rings. The number of nitrogens with one attached hydrogen (secondary N) is 1. The Morgan fingerprint density at radius 2 is 2.33 bits per heavy atom. The second kappa shape index (κ2) is 7.45. The third-order valence-corrected chi connectivity index (χ3v) is 2.75. The molecule has 1 aromatic carbocycles. The van der Waals surface area contributed by atoms with E-state index in [1.54, 1.807) is 12.1 Å². The Hall–Kier alpha value is -0.980. The maximum atomic E-state index is 13.4. The third-order valence-electron chi connectivity index (χ3n) is 2.25. The van der Waals surface area contributed by atoms with Gasteiger partial charge in [0.2, 0.25) is 5.91 Å². The van der Waals surface area contributed by atoms with Gasteiger partial charge in [-0.25, -0.2) is 4.39 Å². The van der Waals surface area contributed by atoms with E-state index in [0.29, 0.717) is 10.0 Å². The van der Waals surface area contributed by atoms with Crippen molar-refractivity contribution >= 4 is 21.8 Å². The standard InChI is InChI=1S/C12H15BrFNO3/c1-18-7-10(16)6-15-12(17)5-8-4-9(13)2-3-11(8)14/h2-4,10,16H,5-7H2,1H3,(H,15,17). The van der Waals surface area contributed by atoms with Crippen molar-refractivity contribution < 1.29 is 19.0 Å². The van der Waals surface area contributed by atoms with Crippen molar-refractivity contribution in [2.75, 3.05) is 20.3 Å². The van der Waals surface area contributed by atoms with Crippen LogP contribution in [0.25, 0.3) is 0 Å². The Morgan fingerprint density at radius 1 is 1.61 bits per heavy atom. The van der Waals surface area contributed by atoms with Crippen LogP contribution in [-0.4, -0.2) is 37.4 Å². The largest absolute Gasteiger partial charge is 0.389 e. The van der Waals surface area contributed by atoms with Crippen molar-refractivity contribution in [3.05, 3.63) is 34.1 Å². The molecule has 1 rings (SSSR count). The topological polar surface area (TPSA) is 58.6 Å². The lowest BCUT2D eigenvalue weighted by atomic mass is 10.1. The minimum absolute atomic E-state index is 0.0645. The molecule has 0 saturated carbocycles. The number of aliphatic hydroxyl groups is 1. The maximum Gasteiger partial charge on any atom is 0.224 e. The summed E-state index contributed by atoms with van der Waals surface area (Å²) in [5.74, 6) is -0.770. The lowest BCUT2D eigenvalue weighted by molar-refractivity contribution is -0.121. The molecule has 0 heterocycles. The number of methoxy groups -OCH3 is 1. The summed E-state index contributed by atoms with van der Waals surface area (Å²) in [6.45, 7) is 0.230. The lowest BCUT2D eigenvalue weighted by Gasteiger charge is -2.11. The zero-order valence-electron chi connectivity index (χ0n) is 9.95. The van der Waals surface area contributed by atoms with Gasteiger partial charge in [-0.3, -0.25) is 4.79 Å². The minimum atomic E-state index is -0.758. The summed E-state index contributed by atoms with van der Waals surface area (Å²) in [5, 5.41) is 11.9. The van der Waals surface area contributed by atoms with Gasteiger partial charge >= 0.3 is 0 Å². The SMILES string of the molecule is COCC(O)CNC(=O)Cc1cc(Br)ccc1F. The fourth-order valence-electron chi connectivity index (χ4n) is 1.40. The number of hydrogen-bond acceptors (Lipinski definition) is 3. The Bertz CT molecular complexity index is 414. The minimum Gasteiger partial charge on any atom is -0.389 e. The summed E-state index contributed by atoms with van der Waals surface area (Å²) in [6, 6.07) is 4.42. The van der Waals surface area contributed by atoms with Crippen LogP contribution in [0.2, 0.25) is 0 Å². The van der Waals surface area contributed by atoms with Crippen LogP contribution in [0.3, 0.4) is 0 Å². The third kappa shape index (κ3) is 5.12. The molecule has 0 aliphatic heterocycles. The van der Waals surface area contributed by atoms with Gasteiger partial charge in [-0.1, -0.05) is 15.9 Å². The van der Waals surface area contributed by atoms with Gasteiger partial charge < -0.3 is 15.2 Å². The Morgan fingerprint density at radius 3 is 3.00 bits per heavy atom. The van der Waals surface area contributed by atoms with Crippen LogP contribution in [0.15, 0.2) is 22.7 Å². The van der Waals surface area contributed by atoms with Crippen molar-refractivity contribution in [2.24, 2.45) is 0 Å². The van der Waals surface area contributed by atoms with Crippen LogP contribution in [-0.2, 0) is 16.0 Å². The summed E-state index contributed by atoms with van der Waals surface area (Å²) in [6.07, 6.45) is -0.823. The molecule has 1 unspecified atom stereocenters. The van der Waals surface area contributed by atoms with Crippen LogP contribution in [0, 0.1) is 5.82 Å². The Labute approximate surface area is 113 Å². The molecule has 1 atom stereocenters. The van der Waals surface area contributed by atoms with Gasteiger partial charge in [-0.15, -0.1) is 0 Å². The highest BCUT2D eigenvalue weighted by atomic mass is 79.9. The number of halogens is 2. The molecule has 0 aliphatic carbocycles. The first-order valence-corrected chi connectivity index (χ1v) is 6.20. The van der Waals surface area contributed by atoms with E-state index in [2.05, 4.69) is 21.2 Å². The first-order valence-electron chi connectivity index (χ1n) is 5.40. The van der Waals surface area contributed by atoms with Gasteiger partial charge in [-0.05, 0) is 23.8 Å². The zero-order chi connectivity index (χ0) is 13.5. The van der Waals surface area contributed by atoms with Crippen molar-refractivity contribution in [1.82, 2.24) is 5.32 Å². The van der Waals surface area contributed by atoms with E-state index in [-0.39, 0.29) is 25.5 Å². The second-order valence-corrected chi connectivity index (χ2v) is 4.74. The quantitative estimate of drug-likeness (QED) is 0.829.